The van der Waals surface area contributed by atoms with Gasteiger partial charge in [-0.05, 0) is 37.0 Å². The maximum absolute atomic E-state index is 13.1. The molecule has 3 rings (SSSR count). The predicted molar refractivity (Wildman–Crippen MR) is 77.8 cm³/mol. The molecule has 21 heavy (non-hydrogen) atoms. The number of hydrogen-bond donors (Lipinski definition) is 0. The second-order valence-corrected chi connectivity index (χ2v) is 6.04. The van der Waals surface area contributed by atoms with E-state index in [-0.39, 0.29) is 11.9 Å². The summed E-state index contributed by atoms with van der Waals surface area (Å²) in [5.41, 5.74) is 0.825. The molecule has 1 aromatic carbocycles. The number of aromatic nitrogens is 2. The van der Waals surface area contributed by atoms with Crippen LogP contribution in [0.15, 0.2) is 33.9 Å². The maximum atomic E-state index is 13.1. The molecule has 0 aliphatic carbocycles. The summed E-state index contributed by atoms with van der Waals surface area (Å²) < 4.78 is 24.4. The van der Waals surface area contributed by atoms with Crippen LogP contribution in [0.4, 0.5) is 4.39 Å². The summed E-state index contributed by atoms with van der Waals surface area (Å²) in [6.45, 7) is 0.847. The van der Waals surface area contributed by atoms with Gasteiger partial charge in [0, 0.05) is 12.4 Å². The standard InChI is InChI=1S/C15H17FN2O2S/c16-12-5-3-4-11(8-12)9-14-17-18-15(20-14)21-10-13-6-1-2-7-19-13/h3-5,8,13H,1-2,6-7,9-10H2/t13-/m1/s1. The van der Waals surface area contributed by atoms with Crippen molar-refractivity contribution >= 4 is 11.8 Å². The minimum atomic E-state index is -0.254. The molecular formula is C15H17FN2O2S. The van der Waals surface area contributed by atoms with Crippen LogP contribution in [0.5, 0.6) is 0 Å². The Hall–Kier alpha value is -1.40. The fraction of sp³-hybridized carbons (Fsp3) is 0.467. The number of benzene rings is 1. The summed E-state index contributed by atoms with van der Waals surface area (Å²) in [5, 5.41) is 8.57. The highest BCUT2D eigenvalue weighted by Crippen LogP contribution is 2.23. The average molecular weight is 308 g/mol. The van der Waals surface area contributed by atoms with Crippen LogP contribution in [-0.2, 0) is 11.2 Å². The molecule has 1 aliphatic rings. The summed E-state index contributed by atoms with van der Waals surface area (Å²) in [7, 11) is 0. The molecule has 0 N–H and O–H groups in total. The molecule has 1 aromatic heterocycles. The van der Waals surface area contributed by atoms with E-state index in [1.54, 1.807) is 6.07 Å². The van der Waals surface area contributed by atoms with Crippen molar-refractivity contribution in [3.8, 4) is 0 Å². The van der Waals surface area contributed by atoms with E-state index in [2.05, 4.69) is 10.2 Å². The Bertz CT molecular complexity index is 585. The molecule has 4 nitrogen and oxygen atoms in total. The highest BCUT2D eigenvalue weighted by Gasteiger charge is 2.16. The summed E-state index contributed by atoms with van der Waals surface area (Å²) in [4.78, 5) is 0. The number of halogens is 1. The van der Waals surface area contributed by atoms with Gasteiger partial charge in [0.2, 0.25) is 5.89 Å². The van der Waals surface area contributed by atoms with E-state index in [0.29, 0.717) is 17.5 Å². The van der Waals surface area contributed by atoms with Gasteiger partial charge in [0.15, 0.2) is 0 Å². The van der Waals surface area contributed by atoms with Crippen molar-refractivity contribution in [3.05, 3.63) is 41.5 Å². The number of thioether (sulfide) groups is 1. The first-order chi connectivity index (χ1) is 10.3. The molecule has 1 atom stereocenters. The zero-order chi connectivity index (χ0) is 14.5. The molecule has 0 radical (unpaired) electrons. The van der Waals surface area contributed by atoms with Gasteiger partial charge in [-0.3, -0.25) is 0 Å². The van der Waals surface area contributed by atoms with Crippen molar-refractivity contribution in [2.45, 2.75) is 37.0 Å². The Balaban J connectivity index is 1.53. The summed E-state index contributed by atoms with van der Waals surface area (Å²) in [6.07, 6.45) is 4.20. The molecule has 0 spiro atoms. The number of hydrogen-bond acceptors (Lipinski definition) is 5. The fourth-order valence-corrected chi connectivity index (χ4v) is 3.14. The lowest BCUT2D eigenvalue weighted by molar-refractivity contribution is 0.0314. The molecule has 1 saturated heterocycles. The van der Waals surface area contributed by atoms with Crippen molar-refractivity contribution < 1.29 is 13.5 Å². The summed E-state index contributed by atoms with van der Waals surface area (Å²) in [5.74, 6) is 1.09. The second-order valence-electron chi connectivity index (χ2n) is 5.07. The Labute approximate surface area is 127 Å². The van der Waals surface area contributed by atoms with E-state index in [1.165, 1.54) is 30.3 Å². The third kappa shape index (κ3) is 4.28. The molecule has 0 amide bonds. The lowest BCUT2D eigenvalue weighted by Crippen LogP contribution is -2.21. The largest absolute Gasteiger partial charge is 0.416 e. The van der Waals surface area contributed by atoms with E-state index in [0.717, 1.165) is 30.8 Å². The monoisotopic (exact) mass is 308 g/mol. The van der Waals surface area contributed by atoms with Gasteiger partial charge in [-0.25, -0.2) is 4.39 Å². The molecule has 112 valence electrons. The molecule has 1 aliphatic heterocycles. The van der Waals surface area contributed by atoms with Crippen LogP contribution < -0.4 is 0 Å². The van der Waals surface area contributed by atoms with Gasteiger partial charge in [0.1, 0.15) is 5.82 Å². The van der Waals surface area contributed by atoms with Gasteiger partial charge in [0.05, 0.1) is 12.5 Å². The maximum Gasteiger partial charge on any atom is 0.276 e. The van der Waals surface area contributed by atoms with Crippen molar-refractivity contribution in [3.63, 3.8) is 0 Å². The number of ether oxygens (including phenoxy) is 1. The minimum absolute atomic E-state index is 0.254. The Morgan fingerprint density at radius 3 is 3.05 bits per heavy atom. The Morgan fingerprint density at radius 2 is 2.24 bits per heavy atom. The molecular weight excluding hydrogens is 291 g/mol. The first kappa shape index (κ1) is 14.5. The van der Waals surface area contributed by atoms with E-state index >= 15 is 0 Å². The first-order valence-electron chi connectivity index (χ1n) is 7.11. The van der Waals surface area contributed by atoms with Crippen LogP contribution in [0, 0.1) is 5.82 Å². The van der Waals surface area contributed by atoms with Crippen LogP contribution >= 0.6 is 11.8 Å². The van der Waals surface area contributed by atoms with Crippen molar-refractivity contribution in [1.29, 1.82) is 0 Å². The van der Waals surface area contributed by atoms with Crippen LogP contribution in [0.2, 0.25) is 0 Å². The first-order valence-corrected chi connectivity index (χ1v) is 8.09. The minimum Gasteiger partial charge on any atom is -0.416 e. The van der Waals surface area contributed by atoms with E-state index in [9.17, 15) is 4.39 Å². The quantitative estimate of drug-likeness (QED) is 0.792. The SMILES string of the molecule is Fc1cccc(Cc2nnc(SC[C@H]3CCCCO3)o2)c1. The van der Waals surface area contributed by atoms with Crippen molar-refractivity contribution in [1.82, 2.24) is 10.2 Å². The molecule has 0 bridgehead atoms. The van der Waals surface area contributed by atoms with Crippen molar-refractivity contribution in [2.75, 3.05) is 12.4 Å². The molecule has 2 aromatic rings. The molecule has 6 heteroatoms. The smallest absolute Gasteiger partial charge is 0.276 e. The molecule has 0 saturated carbocycles. The molecule has 0 unspecified atom stereocenters. The highest BCUT2D eigenvalue weighted by atomic mass is 32.2. The number of rotatable bonds is 5. The lowest BCUT2D eigenvalue weighted by Gasteiger charge is -2.21. The van der Waals surface area contributed by atoms with Crippen LogP contribution in [-0.4, -0.2) is 28.7 Å². The zero-order valence-corrected chi connectivity index (χ0v) is 12.4. The van der Waals surface area contributed by atoms with Gasteiger partial charge in [0.25, 0.3) is 5.22 Å². The second kappa shape index (κ2) is 7.04. The van der Waals surface area contributed by atoms with Gasteiger partial charge >= 0.3 is 0 Å². The third-order valence-electron chi connectivity index (χ3n) is 3.36. The summed E-state index contributed by atoms with van der Waals surface area (Å²) >= 11 is 1.52. The van der Waals surface area contributed by atoms with E-state index < -0.39 is 0 Å². The van der Waals surface area contributed by atoms with Crippen LogP contribution in [0.1, 0.15) is 30.7 Å². The highest BCUT2D eigenvalue weighted by molar-refractivity contribution is 7.99. The van der Waals surface area contributed by atoms with Crippen molar-refractivity contribution in [2.24, 2.45) is 0 Å². The normalized spacial score (nSPS) is 18.8. The van der Waals surface area contributed by atoms with Crippen LogP contribution in [0.3, 0.4) is 0 Å². The third-order valence-corrected chi connectivity index (χ3v) is 4.31. The van der Waals surface area contributed by atoms with Gasteiger partial charge < -0.3 is 9.15 Å². The van der Waals surface area contributed by atoms with Gasteiger partial charge in [-0.15, -0.1) is 10.2 Å². The average Bonchev–Trinajstić information content (AvgIpc) is 2.94. The predicted octanol–water partition coefficient (Wildman–Crippen LogP) is 3.46. The Morgan fingerprint density at radius 1 is 1.29 bits per heavy atom. The Kier molecular flexibility index (Phi) is 4.87. The van der Waals surface area contributed by atoms with E-state index in [4.69, 9.17) is 9.15 Å². The molecule has 2 heterocycles. The van der Waals surface area contributed by atoms with Gasteiger partial charge in [-0.1, -0.05) is 23.9 Å². The van der Waals surface area contributed by atoms with E-state index in [1.807, 2.05) is 6.07 Å². The number of nitrogens with zero attached hydrogens (tertiary/aromatic N) is 2. The van der Waals surface area contributed by atoms with Gasteiger partial charge in [-0.2, -0.15) is 0 Å². The zero-order valence-electron chi connectivity index (χ0n) is 11.6. The summed E-state index contributed by atoms with van der Waals surface area (Å²) in [6, 6.07) is 6.42. The topological polar surface area (TPSA) is 48.2 Å². The lowest BCUT2D eigenvalue weighted by atomic mass is 10.1. The van der Waals surface area contributed by atoms with Crippen LogP contribution in [0.25, 0.3) is 0 Å². The molecule has 1 fully saturated rings. The fourth-order valence-electron chi connectivity index (χ4n) is 2.29.